The Kier molecular flexibility index (Phi) is 4.75. The molecule has 0 N–H and O–H groups in total. The Morgan fingerprint density at radius 2 is 1.60 bits per heavy atom. The average molecular weight is 410 g/mol. The molecule has 0 fully saturated rings. The molecule has 2 rings (SSSR count). The smallest absolute Gasteiger partial charge is 0.134 e. The first-order valence-corrected chi connectivity index (χ1v) is 7.27. The van der Waals surface area contributed by atoms with Gasteiger partial charge in [-0.25, -0.2) is 13.2 Å². The van der Waals surface area contributed by atoms with Crippen LogP contribution >= 0.6 is 31.9 Å². The van der Waals surface area contributed by atoms with Gasteiger partial charge in [-0.1, -0.05) is 37.9 Å². The molecule has 106 valence electrons. The number of rotatable bonds is 3. The van der Waals surface area contributed by atoms with Crippen molar-refractivity contribution >= 4 is 31.9 Å². The maximum Gasteiger partial charge on any atom is 0.134 e. The SMILES string of the molecule is COc1cc(F)c(C(Br)c2c(F)cccc2Br)c(F)c1. The molecule has 6 heteroatoms. The van der Waals surface area contributed by atoms with Gasteiger partial charge in [0.2, 0.25) is 0 Å². The van der Waals surface area contributed by atoms with Gasteiger partial charge in [-0.15, -0.1) is 0 Å². The lowest BCUT2D eigenvalue weighted by molar-refractivity contribution is 0.405. The highest BCUT2D eigenvalue weighted by atomic mass is 79.9. The van der Waals surface area contributed by atoms with Gasteiger partial charge in [0.1, 0.15) is 23.2 Å². The average Bonchev–Trinajstić information content (AvgIpc) is 2.37. The summed E-state index contributed by atoms with van der Waals surface area (Å²) in [7, 11) is 1.31. The van der Waals surface area contributed by atoms with Gasteiger partial charge in [-0.3, -0.25) is 0 Å². The lowest BCUT2D eigenvalue weighted by atomic mass is 10.0. The molecule has 1 nitrogen and oxygen atoms in total. The Bertz CT molecular complexity index is 603. The highest BCUT2D eigenvalue weighted by Crippen LogP contribution is 2.40. The molecule has 0 radical (unpaired) electrons. The Labute approximate surface area is 131 Å². The predicted molar refractivity (Wildman–Crippen MR) is 77.8 cm³/mol. The number of methoxy groups -OCH3 is 1. The van der Waals surface area contributed by atoms with Crippen LogP contribution < -0.4 is 4.74 Å². The second-order valence-electron chi connectivity index (χ2n) is 4.00. The molecule has 0 aliphatic heterocycles. The van der Waals surface area contributed by atoms with Crippen molar-refractivity contribution < 1.29 is 17.9 Å². The molecule has 0 spiro atoms. The van der Waals surface area contributed by atoms with Crippen LogP contribution in [-0.2, 0) is 0 Å². The number of alkyl halides is 1. The quantitative estimate of drug-likeness (QED) is 0.620. The second kappa shape index (κ2) is 6.18. The number of halogens is 5. The Morgan fingerprint density at radius 1 is 1.00 bits per heavy atom. The van der Waals surface area contributed by atoms with E-state index in [1.54, 1.807) is 6.07 Å². The fraction of sp³-hybridized carbons (Fsp3) is 0.143. The second-order valence-corrected chi connectivity index (χ2v) is 5.77. The van der Waals surface area contributed by atoms with E-state index in [1.165, 1.54) is 19.2 Å². The minimum Gasteiger partial charge on any atom is -0.497 e. The Hall–Kier alpha value is -1.01. The van der Waals surface area contributed by atoms with Gasteiger partial charge < -0.3 is 4.74 Å². The molecule has 0 saturated heterocycles. The van der Waals surface area contributed by atoms with Gasteiger partial charge in [0.05, 0.1) is 11.9 Å². The zero-order chi connectivity index (χ0) is 14.9. The van der Waals surface area contributed by atoms with E-state index in [1.807, 2.05) is 0 Å². The van der Waals surface area contributed by atoms with E-state index >= 15 is 0 Å². The van der Waals surface area contributed by atoms with Crippen LogP contribution in [0.25, 0.3) is 0 Å². The monoisotopic (exact) mass is 408 g/mol. The van der Waals surface area contributed by atoms with Gasteiger partial charge in [0.25, 0.3) is 0 Å². The first-order chi connectivity index (χ1) is 9.45. The van der Waals surface area contributed by atoms with Crippen LogP contribution in [0.3, 0.4) is 0 Å². The van der Waals surface area contributed by atoms with Gasteiger partial charge in [0.15, 0.2) is 0 Å². The zero-order valence-corrected chi connectivity index (χ0v) is 13.4. The van der Waals surface area contributed by atoms with E-state index in [2.05, 4.69) is 31.9 Å². The first-order valence-electron chi connectivity index (χ1n) is 5.56. The van der Waals surface area contributed by atoms with Crippen molar-refractivity contribution in [3.8, 4) is 5.75 Å². The molecule has 0 heterocycles. The van der Waals surface area contributed by atoms with Crippen molar-refractivity contribution in [2.24, 2.45) is 0 Å². The van der Waals surface area contributed by atoms with E-state index in [0.717, 1.165) is 12.1 Å². The molecule has 0 saturated carbocycles. The largest absolute Gasteiger partial charge is 0.497 e. The Balaban J connectivity index is 2.57. The van der Waals surface area contributed by atoms with Crippen molar-refractivity contribution in [3.05, 3.63) is 63.4 Å². The molecule has 0 bridgehead atoms. The van der Waals surface area contributed by atoms with Gasteiger partial charge in [-0.2, -0.15) is 0 Å². The summed E-state index contributed by atoms with van der Waals surface area (Å²) in [5.41, 5.74) is -0.132. The summed E-state index contributed by atoms with van der Waals surface area (Å²) in [6.07, 6.45) is 0. The van der Waals surface area contributed by atoms with E-state index in [4.69, 9.17) is 4.74 Å². The molecule has 0 aromatic heterocycles. The highest BCUT2D eigenvalue weighted by Gasteiger charge is 2.25. The summed E-state index contributed by atoms with van der Waals surface area (Å²) in [4.78, 5) is -0.955. The summed E-state index contributed by atoms with van der Waals surface area (Å²) < 4.78 is 47.1. The molecule has 0 amide bonds. The molecule has 2 aromatic rings. The lowest BCUT2D eigenvalue weighted by Gasteiger charge is -2.16. The molecule has 20 heavy (non-hydrogen) atoms. The fourth-order valence-electron chi connectivity index (χ4n) is 1.82. The third-order valence-electron chi connectivity index (χ3n) is 2.79. The third-order valence-corrected chi connectivity index (χ3v) is 4.40. The maximum atomic E-state index is 14.0. The van der Waals surface area contributed by atoms with Crippen LogP contribution in [0.4, 0.5) is 13.2 Å². The van der Waals surface area contributed by atoms with Crippen LogP contribution in [0.2, 0.25) is 0 Å². The molecule has 0 aliphatic rings. The number of hydrogen-bond donors (Lipinski definition) is 0. The minimum atomic E-state index is -0.955. The summed E-state index contributed by atoms with van der Waals surface area (Å²) in [5, 5.41) is 0. The predicted octanol–water partition coefficient (Wildman–Crippen LogP) is 5.36. The standard InChI is InChI=1S/C14H9Br2F3O/c1-20-7-5-10(18)13(11(19)6-7)14(16)12-8(15)3-2-4-9(12)17/h2-6,14H,1H3. The zero-order valence-electron chi connectivity index (χ0n) is 10.3. The van der Waals surface area contributed by atoms with Crippen LogP contribution in [-0.4, -0.2) is 7.11 Å². The topological polar surface area (TPSA) is 9.23 Å². The van der Waals surface area contributed by atoms with Crippen LogP contribution in [0.1, 0.15) is 16.0 Å². The number of benzene rings is 2. The van der Waals surface area contributed by atoms with Gasteiger partial charge in [-0.05, 0) is 12.1 Å². The molecule has 1 unspecified atom stereocenters. The Morgan fingerprint density at radius 3 is 2.10 bits per heavy atom. The molecule has 2 aromatic carbocycles. The molecular weight excluding hydrogens is 401 g/mol. The van der Waals surface area contributed by atoms with Gasteiger partial charge in [0, 0.05) is 27.7 Å². The summed E-state index contributed by atoms with van der Waals surface area (Å²) in [6.45, 7) is 0. The summed E-state index contributed by atoms with van der Waals surface area (Å²) >= 11 is 6.34. The summed E-state index contributed by atoms with van der Waals surface area (Å²) in [6, 6.07) is 6.45. The normalized spacial score (nSPS) is 12.3. The van der Waals surface area contributed by atoms with E-state index in [9.17, 15) is 13.2 Å². The lowest BCUT2D eigenvalue weighted by Crippen LogP contribution is -2.04. The van der Waals surface area contributed by atoms with Crippen molar-refractivity contribution in [1.29, 1.82) is 0 Å². The van der Waals surface area contributed by atoms with Crippen LogP contribution in [0.5, 0.6) is 5.75 Å². The van der Waals surface area contributed by atoms with Crippen molar-refractivity contribution in [2.45, 2.75) is 4.83 Å². The molecular formula is C14H9Br2F3O. The maximum absolute atomic E-state index is 14.0. The number of ether oxygens (including phenoxy) is 1. The third kappa shape index (κ3) is 2.86. The fourth-order valence-corrected chi connectivity index (χ4v) is 3.60. The van der Waals surface area contributed by atoms with E-state index < -0.39 is 22.3 Å². The first kappa shape index (κ1) is 15.4. The summed E-state index contributed by atoms with van der Waals surface area (Å²) in [5.74, 6) is -2.11. The van der Waals surface area contributed by atoms with Crippen LogP contribution in [0, 0.1) is 17.5 Å². The van der Waals surface area contributed by atoms with Crippen LogP contribution in [0.15, 0.2) is 34.8 Å². The van der Waals surface area contributed by atoms with Gasteiger partial charge >= 0.3 is 0 Å². The number of hydrogen-bond acceptors (Lipinski definition) is 1. The van der Waals surface area contributed by atoms with E-state index in [-0.39, 0.29) is 16.9 Å². The highest BCUT2D eigenvalue weighted by molar-refractivity contribution is 9.11. The molecule has 1 atom stereocenters. The van der Waals surface area contributed by atoms with Crippen molar-refractivity contribution in [2.75, 3.05) is 7.11 Å². The minimum absolute atomic E-state index is 0.0658. The van der Waals surface area contributed by atoms with Crippen molar-refractivity contribution in [3.63, 3.8) is 0 Å². The molecule has 0 aliphatic carbocycles. The van der Waals surface area contributed by atoms with E-state index in [0.29, 0.717) is 4.47 Å². The van der Waals surface area contributed by atoms with Crippen molar-refractivity contribution in [1.82, 2.24) is 0 Å².